The Hall–Kier alpha value is -3.15. The number of hydrogen-bond donors (Lipinski definition) is 0. The molecule has 0 bridgehead atoms. The number of methoxy groups -OCH3 is 3. The Bertz CT molecular complexity index is 928. The maximum atomic E-state index is 12.3. The molecule has 0 amide bonds. The van der Waals surface area contributed by atoms with E-state index < -0.39 is 0 Å². The summed E-state index contributed by atoms with van der Waals surface area (Å²) < 4.78 is 26.9. The van der Waals surface area contributed by atoms with E-state index in [9.17, 15) is 4.79 Å². The van der Waals surface area contributed by atoms with Crippen molar-refractivity contribution in [2.24, 2.45) is 0 Å². The molecule has 0 radical (unpaired) electrons. The molecule has 1 heterocycles. The average Bonchev–Trinajstić information content (AvgIpc) is 2.60. The monoisotopic (exact) mass is 328 g/mol. The third-order valence-electron chi connectivity index (χ3n) is 3.49. The Morgan fingerprint density at radius 1 is 0.833 bits per heavy atom. The Labute approximate surface area is 138 Å². The molecule has 0 unspecified atom stereocenters. The summed E-state index contributed by atoms with van der Waals surface area (Å²) in [6.07, 6.45) is 0. The molecule has 6 nitrogen and oxygen atoms in total. The van der Waals surface area contributed by atoms with Crippen molar-refractivity contribution in [2.75, 3.05) is 21.3 Å². The second kappa shape index (κ2) is 6.54. The van der Waals surface area contributed by atoms with E-state index in [0.29, 0.717) is 34.0 Å². The summed E-state index contributed by atoms with van der Waals surface area (Å²) in [5.74, 6) is 2.08. The third-order valence-corrected chi connectivity index (χ3v) is 3.49. The van der Waals surface area contributed by atoms with Crippen LogP contribution in [0, 0.1) is 0 Å². The van der Waals surface area contributed by atoms with Crippen molar-refractivity contribution >= 4 is 11.0 Å². The highest BCUT2D eigenvalue weighted by Crippen LogP contribution is 2.34. The van der Waals surface area contributed by atoms with E-state index in [2.05, 4.69) is 0 Å². The maximum absolute atomic E-state index is 12.3. The molecule has 1 aromatic heterocycles. The van der Waals surface area contributed by atoms with Crippen LogP contribution in [0.3, 0.4) is 0 Å². The molecule has 0 aliphatic carbocycles. The van der Waals surface area contributed by atoms with Gasteiger partial charge in [0, 0.05) is 6.07 Å². The molecule has 0 aliphatic heterocycles. The van der Waals surface area contributed by atoms with Gasteiger partial charge in [0.25, 0.3) is 5.95 Å². The van der Waals surface area contributed by atoms with Gasteiger partial charge in [0.2, 0.25) is 0 Å². The number of hydrogen-bond acceptors (Lipinski definition) is 6. The van der Waals surface area contributed by atoms with Crippen LogP contribution in [0.25, 0.3) is 11.0 Å². The molecule has 0 saturated carbocycles. The summed E-state index contributed by atoms with van der Waals surface area (Å²) in [7, 11) is 4.58. The van der Waals surface area contributed by atoms with Crippen LogP contribution >= 0.6 is 0 Å². The number of benzene rings is 2. The van der Waals surface area contributed by atoms with E-state index >= 15 is 0 Å². The zero-order chi connectivity index (χ0) is 17.1. The zero-order valence-electron chi connectivity index (χ0n) is 13.5. The van der Waals surface area contributed by atoms with E-state index in [1.54, 1.807) is 43.5 Å². The predicted molar refractivity (Wildman–Crippen MR) is 88.7 cm³/mol. The molecule has 0 saturated heterocycles. The number of ether oxygens (including phenoxy) is 4. The Kier molecular flexibility index (Phi) is 4.29. The van der Waals surface area contributed by atoms with Gasteiger partial charge in [-0.3, -0.25) is 4.79 Å². The van der Waals surface area contributed by atoms with Crippen molar-refractivity contribution < 1.29 is 23.4 Å². The van der Waals surface area contributed by atoms with Crippen molar-refractivity contribution in [3.8, 4) is 28.9 Å². The average molecular weight is 328 g/mol. The molecule has 124 valence electrons. The summed E-state index contributed by atoms with van der Waals surface area (Å²) in [5.41, 5.74) is 0.140. The van der Waals surface area contributed by atoms with E-state index in [1.165, 1.54) is 20.3 Å². The zero-order valence-corrected chi connectivity index (χ0v) is 13.5. The standard InChI is InChI=1S/C18H16O6/c1-20-13-8-7-11(9-16(13)22-3)23-17-10-12(19)18-14(21-2)5-4-6-15(18)24-17/h4-10H,1-3H3. The van der Waals surface area contributed by atoms with Crippen molar-refractivity contribution in [1.29, 1.82) is 0 Å². The lowest BCUT2D eigenvalue weighted by Crippen LogP contribution is -2.02. The molecule has 24 heavy (non-hydrogen) atoms. The van der Waals surface area contributed by atoms with E-state index in [1.807, 2.05) is 0 Å². The lowest BCUT2D eigenvalue weighted by atomic mass is 10.2. The van der Waals surface area contributed by atoms with Gasteiger partial charge < -0.3 is 23.4 Å². The summed E-state index contributed by atoms with van der Waals surface area (Å²) in [6.45, 7) is 0. The van der Waals surface area contributed by atoms with Gasteiger partial charge >= 0.3 is 0 Å². The molecule has 2 aromatic carbocycles. The van der Waals surface area contributed by atoms with Crippen LogP contribution in [-0.4, -0.2) is 21.3 Å². The van der Waals surface area contributed by atoms with Crippen LogP contribution in [0.1, 0.15) is 0 Å². The number of fused-ring (bicyclic) bond motifs is 1. The second-order valence-corrected chi connectivity index (χ2v) is 4.88. The minimum absolute atomic E-state index is 0.0768. The van der Waals surface area contributed by atoms with Crippen LogP contribution in [0.4, 0.5) is 0 Å². The van der Waals surface area contributed by atoms with Gasteiger partial charge in [-0.15, -0.1) is 0 Å². The lowest BCUT2D eigenvalue weighted by Gasteiger charge is -2.10. The molecular formula is C18H16O6. The van der Waals surface area contributed by atoms with Crippen molar-refractivity contribution in [3.05, 3.63) is 52.7 Å². The molecule has 0 spiro atoms. The quantitative estimate of drug-likeness (QED) is 0.713. The van der Waals surface area contributed by atoms with Crippen molar-refractivity contribution in [2.45, 2.75) is 0 Å². The Balaban J connectivity index is 2.01. The summed E-state index contributed by atoms with van der Waals surface area (Å²) >= 11 is 0. The number of rotatable bonds is 5. The summed E-state index contributed by atoms with van der Waals surface area (Å²) in [5, 5.41) is 0.375. The highest BCUT2D eigenvalue weighted by atomic mass is 16.6. The Morgan fingerprint density at radius 2 is 1.58 bits per heavy atom. The largest absolute Gasteiger partial charge is 0.496 e. The van der Waals surface area contributed by atoms with Crippen LogP contribution in [0.15, 0.2) is 51.7 Å². The van der Waals surface area contributed by atoms with Crippen LogP contribution in [0.2, 0.25) is 0 Å². The fourth-order valence-electron chi connectivity index (χ4n) is 2.37. The first kappa shape index (κ1) is 15.7. The molecule has 3 aromatic rings. The van der Waals surface area contributed by atoms with Crippen molar-refractivity contribution in [1.82, 2.24) is 0 Å². The molecule has 0 N–H and O–H groups in total. The highest BCUT2D eigenvalue weighted by molar-refractivity contribution is 5.83. The predicted octanol–water partition coefficient (Wildman–Crippen LogP) is 3.61. The molecular weight excluding hydrogens is 312 g/mol. The smallest absolute Gasteiger partial charge is 0.294 e. The SMILES string of the molecule is COc1ccc(Oc2cc(=O)c3c(OC)cccc3o2)cc1OC. The van der Waals surface area contributed by atoms with E-state index in [0.717, 1.165) is 0 Å². The first-order valence-electron chi connectivity index (χ1n) is 7.17. The van der Waals surface area contributed by atoms with Gasteiger partial charge in [0.1, 0.15) is 22.5 Å². The summed E-state index contributed by atoms with van der Waals surface area (Å²) in [4.78, 5) is 12.3. The van der Waals surface area contributed by atoms with Gasteiger partial charge in [0.15, 0.2) is 16.9 Å². The second-order valence-electron chi connectivity index (χ2n) is 4.88. The summed E-state index contributed by atoms with van der Waals surface area (Å²) in [6, 6.07) is 11.4. The third kappa shape index (κ3) is 2.86. The fourth-order valence-corrected chi connectivity index (χ4v) is 2.37. The van der Waals surface area contributed by atoms with Crippen molar-refractivity contribution in [3.63, 3.8) is 0 Å². The Morgan fingerprint density at radius 3 is 2.29 bits per heavy atom. The maximum Gasteiger partial charge on any atom is 0.294 e. The minimum Gasteiger partial charge on any atom is -0.496 e. The first-order valence-corrected chi connectivity index (χ1v) is 7.17. The fraction of sp³-hybridized carbons (Fsp3) is 0.167. The van der Waals surface area contributed by atoms with Gasteiger partial charge in [-0.2, -0.15) is 0 Å². The normalized spacial score (nSPS) is 10.5. The van der Waals surface area contributed by atoms with Gasteiger partial charge in [0.05, 0.1) is 27.4 Å². The van der Waals surface area contributed by atoms with E-state index in [-0.39, 0.29) is 11.4 Å². The molecule has 0 atom stereocenters. The molecule has 6 heteroatoms. The molecule has 0 fully saturated rings. The van der Waals surface area contributed by atoms with Crippen LogP contribution in [-0.2, 0) is 0 Å². The lowest BCUT2D eigenvalue weighted by molar-refractivity contribution is 0.338. The van der Waals surface area contributed by atoms with Crippen LogP contribution < -0.4 is 24.4 Å². The van der Waals surface area contributed by atoms with Gasteiger partial charge in [-0.1, -0.05) is 6.07 Å². The molecule has 0 aliphatic rings. The minimum atomic E-state index is -0.246. The molecule has 3 rings (SSSR count). The topological polar surface area (TPSA) is 67.1 Å². The van der Waals surface area contributed by atoms with E-state index in [4.69, 9.17) is 23.4 Å². The van der Waals surface area contributed by atoms with Gasteiger partial charge in [-0.05, 0) is 24.3 Å². The van der Waals surface area contributed by atoms with Crippen LogP contribution in [0.5, 0.6) is 28.9 Å². The van der Waals surface area contributed by atoms with Gasteiger partial charge in [-0.25, -0.2) is 0 Å². The highest BCUT2D eigenvalue weighted by Gasteiger charge is 2.12. The first-order chi connectivity index (χ1) is 11.7.